The van der Waals surface area contributed by atoms with Crippen LogP contribution in [0, 0.1) is 0 Å². The Bertz CT molecular complexity index is 476. The van der Waals surface area contributed by atoms with Crippen LogP contribution in [0.3, 0.4) is 0 Å². The highest BCUT2D eigenvalue weighted by molar-refractivity contribution is 5.37. The van der Waals surface area contributed by atoms with Gasteiger partial charge in [-0.25, -0.2) is 4.52 Å². The summed E-state index contributed by atoms with van der Waals surface area (Å²) in [6.07, 6.45) is 6.10. The van der Waals surface area contributed by atoms with Crippen LogP contribution in [0.1, 0.15) is 12.8 Å². The molecule has 0 saturated carbocycles. The summed E-state index contributed by atoms with van der Waals surface area (Å²) in [4.78, 5) is 4.38. The van der Waals surface area contributed by atoms with Gasteiger partial charge in [0.2, 0.25) is 5.88 Å². The second-order valence-corrected chi connectivity index (χ2v) is 3.99. The van der Waals surface area contributed by atoms with E-state index in [0.717, 1.165) is 25.2 Å². The van der Waals surface area contributed by atoms with Gasteiger partial charge < -0.3 is 10.1 Å². The standard InChI is InChI=1S/C11H14N4O/c1-2-9(8-12-5-1)16-11-4-7-15-10(14-11)3-6-13-15/h3-4,6-7,9,12H,1-2,5,8H2/t9-/m0/s1. The highest BCUT2D eigenvalue weighted by Crippen LogP contribution is 2.13. The van der Waals surface area contributed by atoms with Gasteiger partial charge in [-0.15, -0.1) is 0 Å². The Morgan fingerprint density at radius 3 is 3.31 bits per heavy atom. The van der Waals surface area contributed by atoms with Gasteiger partial charge in [0, 0.05) is 24.9 Å². The Morgan fingerprint density at radius 1 is 1.44 bits per heavy atom. The first-order valence-electron chi connectivity index (χ1n) is 5.59. The number of piperidine rings is 1. The average molecular weight is 218 g/mol. The molecule has 1 atom stereocenters. The Labute approximate surface area is 93.4 Å². The highest BCUT2D eigenvalue weighted by Gasteiger charge is 2.14. The lowest BCUT2D eigenvalue weighted by atomic mass is 10.1. The van der Waals surface area contributed by atoms with Crippen molar-refractivity contribution in [2.75, 3.05) is 13.1 Å². The fourth-order valence-corrected chi connectivity index (χ4v) is 1.95. The molecule has 1 N–H and O–H groups in total. The Hall–Kier alpha value is -1.62. The Balaban J connectivity index is 1.77. The van der Waals surface area contributed by atoms with E-state index in [0.29, 0.717) is 5.88 Å². The smallest absolute Gasteiger partial charge is 0.217 e. The van der Waals surface area contributed by atoms with Crippen LogP contribution >= 0.6 is 0 Å². The second kappa shape index (κ2) is 4.09. The van der Waals surface area contributed by atoms with Gasteiger partial charge in [-0.3, -0.25) is 0 Å². The van der Waals surface area contributed by atoms with Crippen LogP contribution in [-0.4, -0.2) is 33.8 Å². The first kappa shape index (κ1) is 9.59. The third-order valence-corrected chi connectivity index (χ3v) is 2.77. The molecule has 3 heterocycles. The lowest BCUT2D eigenvalue weighted by Crippen LogP contribution is -2.37. The molecular weight excluding hydrogens is 204 g/mol. The van der Waals surface area contributed by atoms with Gasteiger partial charge >= 0.3 is 0 Å². The van der Waals surface area contributed by atoms with E-state index in [9.17, 15) is 0 Å². The lowest BCUT2D eigenvalue weighted by molar-refractivity contribution is 0.160. The van der Waals surface area contributed by atoms with E-state index in [2.05, 4.69) is 15.4 Å². The van der Waals surface area contributed by atoms with Gasteiger partial charge in [-0.2, -0.15) is 10.1 Å². The van der Waals surface area contributed by atoms with Gasteiger partial charge in [-0.1, -0.05) is 0 Å². The first-order valence-corrected chi connectivity index (χ1v) is 5.59. The van der Waals surface area contributed by atoms with Crippen molar-refractivity contribution < 1.29 is 4.74 Å². The summed E-state index contributed by atoms with van der Waals surface area (Å²) in [6.45, 7) is 2.00. The molecule has 1 aliphatic heterocycles. The summed E-state index contributed by atoms with van der Waals surface area (Å²) in [5.41, 5.74) is 0.821. The summed E-state index contributed by atoms with van der Waals surface area (Å²) in [5, 5.41) is 7.41. The summed E-state index contributed by atoms with van der Waals surface area (Å²) in [5.74, 6) is 0.682. The predicted octanol–water partition coefficient (Wildman–Crippen LogP) is 0.860. The molecule has 0 spiro atoms. The van der Waals surface area contributed by atoms with E-state index in [1.165, 1.54) is 6.42 Å². The molecule has 0 aliphatic carbocycles. The van der Waals surface area contributed by atoms with Crippen LogP contribution in [0.15, 0.2) is 24.5 Å². The monoisotopic (exact) mass is 218 g/mol. The number of nitrogens with zero attached hydrogens (tertiary/aromatic N) is 3. The zero-order chi connectivity index (χ0) is 10.8. The number of aromatic nitrogens is 3. The van der Waals surface area contributed by atoms with Crippen LogP contribution in [0.25, 0.3) is 5.65 Å². The molecule has 0 aromatic carbocycles. The Morgan fingerprint density at radius 2 is 2.44 bits per heavy atom. The quantitative estimate of drug-likeness (QED) is 0.812. The van der Waals surface area contributed by atoms with Crippen LogP contribution in [-0.2, 0) is 0 Å². The van der Waals surface area contributed by atoms with E-state index in [1.807, 2.05) is 18.3 Å². The predicted molar refractivity (Wildman–Crippen MR) is 59.5 cm³/mol. The molecule has 5 heteroatoms. The normalized spacial score (nSPS) is 21.1. The number of fused-ring (bicyclic) bond motifs is 1. The van der Waals surface area contributed by atoms with E-state index in [-0.39, 0.29) is 6.10 Å². The second-order valence-electron chi connectivity index (χ2n) is 3.99. The maximum atomic E-state index is 5.82. The minimum atomic E-state index is 0.242. The van der Waals surface area contributed by atoms with Gasteiger partial charge in [0.15, 0.2) is 5.65 Å². The molecule has 5 nitrogen and oxygen atoms in total. The maximum Gasteiger partial charge on any atom is 0.217 e. The average Bonchev–Trinajstić information content (AvgIpc) is 2.77. The molecule has 0 amide bonds. The molecule has 0 bridgehead atoms. The van der Waals surface area contributed by atoms with Crippen molar-refractivity contribution in [2.24, 2.45) is 0 Å². The fraction of sp³-hybridized carbons (Fsp3) is 0.455. The van der Waals surface area contributed by atoms with E-state index in [4.69, 9.17) is 4.74 Å². The summed E-state index contributed by atoms with van der Waals surface area (Å²) >= 11 is 0. The number of nitrogens with one attached hydrogen (secondary N) is 1. The lowest BCUT2D eigenvalue weighted by Gasteiger charge is -2.23. The third-order valence-electron chi connectivity index (χ3n) is 2.77. The molecule has 2 aromatic heterocycles. The minimum Gasteiger partial charge on any atom is -0.473 e. The molecule has 2 aromatic rings. The van der Waals surface area contributed by atoms with Crippen molar-refractivity contribution in [3.8, 4) is 5.88 Å². The Kier molecular flexibility index (Phi) is 2.46. The van der Waals surface area contributed by atoms with Crippen molar-refractivity contribution in [1.29, 1.82) is 0 Å². The molecule has 3 rings (SSSR count). The van der Waals surface area contributed by atoms with Crippen LogP contribution in [0.4, 0.5) is 0 Å². The van der Waals surface area contributed by atoms with E-state index >= 15 is 0 Å². The molecule has 0 radical (unpaired) electrons. The number of rotatable bonds is 2. The number of hydrogen-bond donors (Lipinski definition) is 1. The maximum absolute atomic E-state index is 5.82. The van der Waals surface area contributed by atoms with E-state index < -0.39 is 0 Å². The zero-order valence-electron chi connectivity index (χ0n) is 8.97. The molecular formula is C11H14N4O. The van der Waals surface area contributed by atoms with Crippen LogP contribution in [0.2, 0.25) is 0 Å². The van der Waals surface area contributed by atoms with Crippen molar-refractivity contribution in [3.63, 3.8) is 0 Å². The highest BCUT2D eigenvalue weighted by atomic mass is 16.5. The van der Waals surface area contributed by atoms with Crippen LogP contribution < -0.4 is 10.1 Å². The van der Waals surface area contributed by atoms with Crippen LogP contribution in [0.5, 0.6) is 5.88 Å². The van der Waals surface area contributed by atoms with Crippen molar-refractivity contribution in [1.82, 2.24) is 19.9 Å². The number of ether oxygens (including phenoxy) is 1. The van der Waals surface area contributed by atoms with Gasteiger partial charge in [-0.05, 0) is 19.4 Å². The summed E-state index contributed by atoms with van der Waals surface area (Å²) in [7, 11) is 0. The number of hydrogen-bond acceptors (Lipinski definition) is 4. The molecule has 1 fully saturated rings. The van der Waals surface area contributed by atoms with Crippen molar-refractivity contribution in [3.05, 3.63) is 24.5 Å². The van der Waals surface area contributed by atoms with Gasteiger partial charge in [0.1, 0.15) is 6.10 Å². The molecule has 84 valence electrons. The largest absolute Gasteiger partial charge is 0.473 e. The summed E-state index contributed by atoms with van der Waals surface area (Å²) in [6, 6.07) is 3.72. The molecule has 0 unspecified atom stereocenters. The van der Waals surface area contributed by atoms with Crippen molar-refractivity contribution >= 4 is 5.65 Å². The van der Waals surface area contributed by atoms with Gasteiger partial charge in [0.25, 0.3) is 0 Å². The van der Waals surface area contributed by atoms with Crippen molar-refractivity contribution in [2.45, 2.75) is 18.9 Å². The first-order chi connectivity index (χ1) is 7.92. The third kappa shape index (κ3) is 1.86. The fourth-order valence-electron chi connectivity index (χ4n) is 1.95. The topological polar surface area (TPSA) is 51.5 Å². The summed E-state index contributed by atoms with van der Waals surface area (Å²) < 4.78 is 7.55. The molecule has 1 saturated heterocycles. The molecule has 16 heavy (non-hydrogen) atoms. The molecule has 1 aliphatic rings. The van der Waals surface area contributed by atoms with Gasteiger partial charge in [0.05, 0.1) is 6.20 Å². The zero-order valence-corrected chi connectivity index (χ0v) is 8.97. The van der Waals surface area contributed by atoms with E-state index in [1.54, 1.807) is 10.7 Å². The SMILES string of the molecule is c1cc2nc(O[C@H]3CCCNC3)ccn2n1. The minimum absolute atomic E-state index is 0.242.